The van der Waals surface area contributed by atoms with E-state index < -0.39 is 0 Å². The Balaban J connectivity index is 0.000000730. The molecule has 0 radical (unpaired) electrons. The summed E-state index contributed by atoms with van der Waals surface area (Å²) < 4.78 is 5.77. The highest BCUT2D eigenvalue weighted by atomic mass is 16.5. The fraction of sp³-hybridized carbons (Fsp3) is 0.400. The van der Waals surface area contributed by atoms with Crippen LogP contribution < -0.4 is 10.1 Å². The molecule has 1 aromatic carbocycles. The van der Waals surface area contributed by atoms with Crippen LogP contribution >= 0.6 is 0 Å². The maximum atomic E-state index is 11.0. The Hall–Kier alpha value is -2.40. The molecule has 3 rings (SSSR count). The number of benzene rings is 1. The van der Waals surface area contributed by atoms with Crippen molar-refractivity contribution in [2.45, 2.75) is 33.2 Å². The number of ether oxygens (including phenoxy) is 1. The van der Waals surface area contributed by atoms with Gasteiger partial charge in [-0.05, 0) is 42.5 Å². The topological polar surface area (TPSA) is 71.5 Å². The van der Waals surface area contributed by atoms with Crippen molar-refractivity contribution in [3.05, 3.63) is 53.9 Å². The van der Waals surface area contributed by atoms with E-state index >= 15 is 0 Å². The minimum absolute atomic E-state index is 0.617. The second-order valence-corrected chi connectivity index (χ2v) is 5.34. The van der Waals surface area contributed by atoms with Crippen molar-refractivity contribution in [1.82, 2.24) is 4.98 Å². The second-order valence-electron chi connectivity index (χ2n) is 5.34. The van der Waals surface area contributed by atoms with Crippen molar-refractivity contribution in [3.63, 3.8) is 0 Å². The van der Waals surface area contributed by atoms with Gasteiger partial charge in [0.2, 0.25) is 0 Å². The number of hydrogen-bond acceptors (Lipinski definition) is 5. The van der Waals surface area contributed by atoms with Crippen molar-refractivity contribution in [3.8, 4) is 5.75 Å². The molecule has 1 saturated carbocycles. The molecule has 2 N–H and O–H groups in total. The molecule has 0 amide bonds. The molecule has 1 aromatic heterocycles. The number of carbonyl (C=O) groups excluding carboxylic acids is 1. The minimum Gasteiger partial charge on any atom is -0.493 e. The van der Waals surface area contributed by atoms with Gasteiger partial charge in [0.25, 0.3) is 0 Å². The van der Waals surface area contributed by atoms with Crippen LogP contribution in [0.2, 0.25) is 0 Å². The number of carbonyl (C=O) groups is 1. The largest absolute Gasteiger partial charge is 0.493 e. The number of hydrogen-bond donors (Lipinski definition) is 2. The molecule has 5 nitrogen and oxygen atoms in total. The highest BCUT2D eigenvalue weighted by molar-refractivity contribution is 5.83. The number of aliphatic hydroxyl groups excluding tert-OH is 1. The normalized spacial score (nSPS) is 12.0. The quantitative estimate of drug-likeness (QED) is 0.745. The number of nitrogens with zero attached hydrogens (tertiary/aromatic N) is 1. The third-order valence-corrected chi connectivity index (χ3v) is 3.55. The number of aldehydes is 1. The zero-order valence-electron chi connectivity index (χ0n) is 15.2. The summed E-state index contributed by atoms with van der Waals surface area (Å²) in [7, 11) is 1.00. The first kappa shape index (κ1) is 20.6. The maximum absolute atomic E-state index is 11.0. The molecule has 2 aromatic rings. The van der Waals surface area contributed by atoms with Crippen LogP contribution in [0.3, 0.4) is 0 Å². The summed E-state index contributed by atoms with van der Waals surface area (Å²) in [5.74, 6) is 1.65. The minimum atomic E-state index is 0.617. The van der Waals surface area contributed by atoms with Crippen LogP contribution in [-0.4, -0.2) is 30.1 Å². The summed E-state index contributed by atoms with van der Waals surface area (Å²) in [6.07, 6.45) is 6.69. The second kappa shape index (κ2) is 12.0. The standard InChI is InChI=1S/C17H18N2O2.C2H6.CH4O/c20-11-15-6-7-18-10-17(15)19-9-14-2-1-3-16(8-14)21-12-13-4-5-13;2*1-2/h1-3,6-8,10-11,13,19H,4-5,9,12H2;1-2H3;2H,1H3. The summed E-state index contributed by atoms with van der Waals surface area (Å²) in [6, 6.07) is 9.74. The Labute approximate surface area is 150 Å². The number of nitrogens with one attached hydrogen (secondary N) is 1. The first-order chi connectivity index (χ1) is 12.3. The third-order valence-electron chi connectivity index (χ3n) is 3.55. The van der Waals surface area contributed by atoms with Crippen LogP contribution in [0.4, 0.5) is 5.69 Å². The van der Waals surface area contributed by atoms with E-state index in [1.54, 1.807) is 18.5 Å². The van der Waals surface area contributed by atoms with Gasteiger partial charge in [-0.1, -0.05) is 26.0 Å². The number of anilines is 1. The summed E-state index contributed by atoms with van der Waals surface area (Å²) in [4.78, 5) is 15.0. The molecular weight excluding hydrogens is 316 g/mol. The predicted octanol–water partition coefficient (Wildman–Crippen LogP) is 3.93. The van der Waals surface area contributed by atoms with E-state index in [4.69, 9.17) is 9.84 Å². The van der Waals surface area contributed by atoms with Crippen LogP contribution in [0.5, 0.6) is 5.75 Å². The lowest BCUT2D eigenvalue weighted by molar-refractivity contribution is 0.112. The smallest absolute Gasteiger partial charge is 0.152 e. The Kier molecular flexibility index (Phi) is 9.94. The molecule has 0 unspecified atom stereocenters. The van der Waals surface area contributed by atoms with Crippen LogP contribution in [-0.2, 0) is 6.54 Å². The Morgan fingerprint density at radius 3 is 2.72 bits per heavy atom. The van der Waals surface area contributed by atoms with Crippen LogP contribution in [0, 0.1) is 5.92 Å². The molecular formula is C20H28N2O3. The van der Waals surface area contributed by atoms with Crippen LogP contribution in [0.1, 0.15) is 42.6 Å². The zero-order valence-corrected chi connectivity index (χ0v) is 15.2. The average Bonchev–Trinajstić information content (AvgIpc) is 3.53. The highest BCUT2D eigenvalue weighted by Gasteiger charge is 2.21. The third kappa shape index (κ3) is 7.35. The van der Waals surface area contributed by atoms with Gasteiger partial charge >= 0.3 is 0 Å². The number of aliphatic hydroxyl groups is 1. The average molecular weight is 344 g/mol. The van der Waals surface area contributed by atoms with Gasteiger partial charge in [0.15, 0.2) is 6.29 Å². The monoisotopic (exact) mass is 344 g/mol. The molecule has 1 aliphatic rings. The molecule has 1 heterocycles. The van der Waals surface area contributed by atoms with Gasteiger partial charge in [0.05, 0.1) is 18.5 Å². The molecule has 136 valence electrons. The van der Waals surface area contributed by atoms with Gasteiger partial charge in [-0.2, -0.15) is 0 Å². The fourth-order valence-electron chi connectivity index (χ4n) is 2.10. The van der Waals surface area contributed by atoms with Gasteiger partial charge in [0, 0.05) is 25.4 Å². The van der Waals surface area contributed by atoms with Crippen molar-refractivity contribution < 1.29 is 14.6 Å². The van der Waals surface area contributed by atoms with Crippen molar-refractivity contribution in [2.24, 2.45) is 5.92 Å². The van der Waals surface area contributed by atoms with Crippen molar-refractivity contribution in [1.29, 1.82) is 0 Å². The van der Waals surface area contributed by atoms with E-state index in [-0.39, 0.29) is 0 Å². The predicted molar refractivity (Wildman–Crippen MR) is 101 cm³/mol. The van der Waals surface area contributed by atoms with Crippen molar-refractivity contribution in [2.75, 3.05) is 19.0 Å². The van der Waals surface area contributed by atoms with Gasteiger partial charge in [-0.25, -0.2) is 0 Å². The maximum Gasteiger partial charge on any atom is 0.152 e. The first-order valence-corrected chi connectivity index (χ1v) is 8.64. The SMILES string of the molecule is CC.CO.O=Cc1ccncc1NCc1cccc(OCC2CC2)c1. The molecule has 0 saturated heterocycles. The summed E-state index contributed by atoms with van der Waals surface area (Å²) >= 11 is 0. The Morgan fingerprint density at radius 2 is 2.04 bits per heavy atom. The zero-order chi connectivity index (χ0) is 18.5. The van der Waals surface area contributed by atoms with Gasteiger partial charge in [-0.3, -0.25) is 9.78 Å². The number of pyridine rings is 1. The Bertz CT molecular complexity index is 628. The highest BCUT2D eigenvalue weighted by Crippen LogP contribution is 2.29. The molecule has 25 heavy (non-hydrogen) atoms. The Morgan fingerprint density at radius 1 is 1.28 bits per heavy atom. The van der Waals surface area contributed by atoms with E-state index in [1.165, 1.54) is 12.8 Å². The summed E-state index contributed by atoms with van der Waals surface area (Å²) in [5, 5.41) is 10.2. The van der Waals surface area contributed by atoms with E-state index in [1.807, 2.05) is 38.1 Å². The van der Waals surface area contributed by atoms with Gasteiger partial charge < -0.3 is 15.2 Å². The molecule has 1 aliphatic carbocycles. The summed E-state index contributed by atoms with van der Waals surface area (Å²) in [6.45, 7) is 5.45. The van der Waals surface area contributed by atoms with Crippen LogP contribution in [0.25, 0.3) is 0 Å². The van der Waals surface area contributed by atoms with Crippen LogP contribution in [0.15, 0.2) is 42.7 Å². The molecule has 5 heteroatoms. The van der Waals surface area contributed by atoms with E-state index in [0.717, 1.165) is 42.9 Å². The number of aromatic nitrogens is 1. The molecule has 0 aliphatic heterocycles. The molecule has 0 spiro atoms. The van der Waals surface area contributed by atoms with E-state index in [2.05, 4.69) is 10.3 Å². The number of rotatable bonds is 7. The fourth-order valence-corrected chi connectivity index (χ4v) is 2.10. The van der Waals surface area contributed by atoms with E-state index in [9.17, 15) is 4.79 Å². The summed E-state index contributed by atoms with van der Waals surface area (Å²) in [5.41, 5.74) is 2.48. The lowest BCUT2D eigenvalue weighted by atomic mass is 10.2. The van der Waals surface area contributed by atoms with Gasteiger partial charge in [0.1, 0.15) is 5.75 Å². The lowest BCUT2D eigenvalue weighted by Gasteiger charge is -2.10. The van der Waals surface area contributed by atoms with E-state index in [0.29, 0.717) is 12.1 Å². The first-order valence-electron chi connectivity index (χ1n) is 8.64. The van der Waals surface area contributed by atoms with Crippen molar-refractivity contribution >= 4 is 12.0 Å². The molecule has 1 fully saturated rings. The molecule has 0 atom stereocenters. The molecule has 0 bridgehead atoms. The van der Waals surface area contributed by atoms with Gasteiger partial charge in [-0.15, -0.1) is 0 Å². The lowest BCUT2D eigenvalue weighted by Crippen LogP contribution is -2.04.